The molecule has 42 heavy (non-hydrogen) atoms. The van der Waals surface area contributed by atoms with Crippen molar-refractivity contribution in [2.24, 2.45) is 11.8 Å². The average molecular weight is 594 g/mol. The van der Waals surface area contributed by atoms with Crippen LogP contribution in [0.5, 0.6) is 0 Å². The highest BCUT2D eigenvalue weighted by Gasteiger charge is 2.56. The number of amides is 3. The Morgan fingerprint density at radius 3 is 2.40 bits per heavy atom. The fraction of sp³-hybridized carbons (Fsp3) is 0.667. The van der Waals surface area contributed by atoms with Gasteiger partial charge in [0.1, 0.15) is 24.7 Å². The summed E-state index contributed by atoms with van der Waals surface area (Å²) in [7, 11) is 1.05. The quantitative estimate of drug-likeness (QED) is 0.398. The van der Waals surface area contributed by atoms with Gasteiger partial charge in [-0.3, -0.25) is 9.59 Å². The summed E-state index contributed by atoms with van der Waals surface area (Å²) in [5.41, 5.74) is 0.233. The number of likely N-dealkylation sites (tertiary alicyclic amines) is 1. The van der Waals surface area contributed by atoms with Crippen molar-refractivity contribution in [3.8, 4) is 0 Å². The summed E-state index contributed by atoms with van der Waals surface area (Å²) in [4.78, 5) is 54.4. The van der Waals surface area contributed by atoms with Crippen LogP contribution in [0.1, 0.15) is 64.4 Å². The van der Waals surface area contributed by atoms with Gasteiger partial charge in [-0.25, -0.2) is 18.4 Å². The maximum atomic E-state index is 14.2. The number of esters is 1. The second-order valence-electron chi connectivity index (χ2n) is 12.0. The molecule has 0 aromatic heterocycles. The lowest BCUT2D eigenvalue weighted by Crippen LogP contribution is -2.58. The van der Waals surface area contributed by atoms with Crippen LogP contribution in [0, 0.1) is 11.8 Å². The van der Waals surface area contributed by atoms with Crippen molar-refractivity contribution in [2.75, 3.05) is 13.7 Å². The van der Waals surface area contributed by atoms with Crippen LogP contribution in [0.3, 0.4) is 0 Å². The molecule has 2 heterocycles. The van der Waals surface area contributed by atoms with E-state index in [9.17, 15) is 28.0 Å². The summed E-state index contributed by atoms with van der Waals surface area (Å²) < 4.78 is 42.7. The molecule has 232 valence electrons. The van der Waals surface area contributed by atoms with Gasteiger partial charge in [-0.15, -0.1) is 0 Å². The van der Waals surface area contributed by atoms with Gasteiger partial charge in [0, 0.05) is 18.9 Å². The first kappa shape index (κ1) is 31.7. The van der Waals surface area contributed by atoms with Gasteiger partial charge in [-0.1, -0.05) is 49.6 Å². The molecule has 12 heteroatoms. The number of carbonyl (C=O) groups is 4. The van der Waals surface area contributed by atoms with E-state index in [0.717, 1.165) is 44.8 Å². The predicted octanol–water partition coefficient (Wildman–Crippen LogP) is 3.57. The summed E-state index contributed by atoms with van der Waals surface area (Å²) in [6, 6.07) is 5.54. The molecule has 2 N–H and O–H groups in total. The first-order chi connectivity index (χ1) is 20.0. The fourth-order valence-electron chi connectivity index (χ4n) is 6.54. The highest BCUT2D eigenvalue weighted by Crippen LogP contribution is 2.43. The van der Waals surface area contributed by atoms with Crippen molar-refractivity contribution in [3.05, 3.63) is 35.9 Å². The minimum Gasteiger partial charge on any atom is -0.467 e. The number of nitrogens with zero attached hydrogens (tertiary/aromatic N) is 1. The molecule has 1 aromatic carbocycles. The number of halogens is 2. The van der Waals surface area contributed by atoms with E-state index in [0.29, 0.717) is 6.42 Å². The number of methoxy groups -OCH3 is 1. The van der Waals surface area contributed by atoms with Gasteiger partial charge in [0.15, 0.2) is 0 Å². The molecule has 10 nitrogen and oxygen atoms in total. The number of carbonyl (C=O) groups excluding carboxylic acids is 4. The lowest BCUT2D eigenvalue weighted by atomic mass is 9.83. The number of hydrogen-bond donors (Lipinski definition) is 2. The highest BCUT2D eigenvalue weighted by atomic mass is 19.3. The third-order valence-electron chi connectivity index (χ3n) is 8.43. The second-order valence-corrected chi connectivity index (χ2v) is 12.0. The Morgan fingerprint density at radius 1 is 1.07 bits per heavy atom. The molecule has 1 aromatic rings. The van der Waals surface area contributed by atoms with Crippen molar-refractivity contribution in [3.63, 3.8) is 0 Å². The van der Waals surface area contributed by atoms with Gasteiger partial charge in [-0.2, -0.15) is 0 Å². The molecule has 1 saturated carbocycles. The molecular weight excluding hydrogens is 552 g/mol. The van der Waals surface area contributed by atoms with Crippen LogP contribution < -0.4 is 10.6 Å². The van der Waals surface area contributed by atoms with Crippen LogP contribution in [-0.2, 0) is 35.2 Å². The SMILES string of the molecule is COC(=O)[C@H](CC(F)F)NC(=O)[C@@H]1[C@H]2CC(C)(C)O[C@H]2CN1C(=O)[C@@H](NC(=O)OCc1ccccc1)C1CCCCC1. The molecule has 2 aliphatic heterocycles. The zero-order chi connectivity index (χ0) is 30.4. The summed E-state index contributed by atoms with van der Waals surface area (Å²) >= 11 is 0. The smallest absolute Gasteiger partial charge is 0.408 e. The van der Waals surface area contributed by atoms with E-state index in [1.54, 1.807) is 0 Å². The molecule has 0 spiro atoms. The topological polar surface area (TPSA) is 123 Å². The Balaban J connectivity index is 1.56. The van der Waals surface area contributed by atoms with Crippen LogP contribution in [0.15, 0.2) is 30.3 Å². The molecule has 2 saturated heterocycles. The molecule has 4 rings (SSSR count). The van der Waals surface area contributed by atoms with Crippen LogP contribution in [0.25, 0.3) is 0 Å². The molecule has 3 amide bonds. The van der Waals surface area contributed by atoms with Crippen LogP contribution in [0.4, 0.5) is 13.6 Å². The Hall–Kier alpha value is -3.28. The van der Waals surface area contributed by atoms with Crippen molar-refractivity contribution in [1.82, 2.24) is 15.5 Å². The maximum absolute atomic E-state index is 14.2. The number of alkyl halides is 2. The first-order valence-electron chi connectivity index (χ1n) is 14.6. The summed E-state index contributed by atoms with van der Waals surface area (Å²) in [5, 5.41) is 5.18. The molecule has 0 unspecified atom stereocenters. The van der Waals surface area contributed by atoms with Gasteiger partial charge in [0.2, 0.25) is 18.2 Å². The monoisotopic (exact) mass is 593 g/mol. The van der Waals surface area contributed by atoms with Crippen LogP contribution >= 0.6 is 0 Å². The predicted molar refractivity (Wildman–Crippen MR) is 147 cm³/mol. The van der Waals surface area contributed by atoms with Gasteiger partial charge < -0.3 is 29.7 Å². The molecule has 5 atom stereocenters. The normalized spacial score (nSPS) is 24.9. The third-order valence-corrected chi connectivity index (χ3v) is 8.43. The average Bonchev–Trinajstić information content (AvgIpc) is 3.45. The Labute approximate surface area is 244 Å². The number of alkyl carbamates (subject to hydrolysis) is 1. The van der Waals surface area contributed by atoms with Crippen molar-refractivity contribution >= 4 is 23.9 Å². The van der Waals surface area contributed by atoms with Crippen molar-refractivity contribution in [1.29, 1.82) is 0 Å². The van der Waals surface area contributed by atoms with Gasteiger partial charge in [-0.05, 0) is 44.6 Å². The Kier molecular flexibility index (Phi) is 10.4. The fourth-order valence-corrected chi connectivity index (χ4v) is 6.54. The largest absolute Gasteiger partial charge is 0.467 e. The minimum absolute atomic E-state index is 0.0269. The van der Waals surface area contributed by atoms with E-state index in [1.165, 1.54) is 4.90 Å². The van der Waals surface area contributed by atoms with E-state index in [1.807, 2.05) is 44.2 Å². The summed E-state index contributed by atoms with van der Waals surface area (Å²) in [5.74, 6) is -2.79. The van der Waals surface area contributed by atoms with Crippen molar-refractivity contribution < 1.29 is 42.2 Å². The van der Waals surface area contributed by atoms with E-state index >= 15 is 0 Å². The third kappa shape index (κ3) is 7.76. The number of benzene rings is 1. The number of ether oxygens (including phenoxy) is 3. The summed E-state index contributed by atoms with van der Waals surface area (Å²) in [6.07, 6.45) is -0.300. The lowest BCUT2D eigenvalue weighted by Gasteiger charge is -2.36. The number of fused-ring (bicyclic) bond motifs is 1. The number of nitrogens with one attached hydrogen (secondary N) is 2. The van der Waals surface area contributed by atoms with Crippen LogP contribution in [-0.4, -0.2) is 78.7 Å². The maximum Gasteiger partial charge on any atom is 0.408 e. The van der Waals surface area contributed by atoms with Crippen molar-refractivity contribution in [2.45, 2.75) is 102 Å². The number of rotatable bonds is 10. The first-order valence-corrected chi connectivity index (χ1v) is 14.6. The van der Waals surface area contributed by atoms with E-state index < -0.39 is 72.5 Å². The lowest BCUT2D eigenvalue weighted by molar-refractivity contribution is -0.148. The van der Waals surface area contributed by atoms with Gasteiger partial charge in [0.05, 0.1) is 18.8 Å². The molecule has 3 aliphatic rings. The zero-order valence-corrected chi connectivity index (χ0v) is 24.4. The number of hydrogen-bond acceptors (Lipinski definition) is 7. The molecule has 0 radical (unpaired) electrons. The van der Waals surface area contributed by atoms with E-state index in [4.69, 9.17) is 9.47 Å². The van der Waals surface area contributed by atoms with Gasteiger partial charge in [0.25, 0.3) is 0 Å². The molecular formula is C30H41F2N3O7. The van der Waals surface area contributed by atoms with Crippen LogP contribution in [0.2, 0.25) is 0 Å². The molecule has 3 fully saturated rings. The van der Waals surface area contributed by atoms with E-state index in [2.05, 4.69) is 15.4 Å². The second kappa shape index (κ2) is 13.8. The van der Waals surface area contributed by atoms with E-state index in [-0.39, 0.29) is 19.1 Å². The molecule has 0 bridgehead atoms. The molecule has 1 aliphatic carbocycles. The highest BCUT2D eigenvalue weighted by molar-refractivity contribution is 5.94. The van der Waals surface area contributed by atoms with Gasteiger partial charge >= 0.3 is 12.1 Å². The summed E-state index contributed by atoms with van der Waals surface area (Å²) in [6.45, 7) is 3.89. The minimum atomic E-state index is -2.86. The Morgan fingerprint density at radius 2 is 1.76 bits per heavy atom. The Bertz CT molecular complexity index is 1110. The standard InChI is InChI=1S/C30H41F2N3O7/c1-30(2)15-20-22(42-30)16-35(25(20)26(36)33-21(14-23(31)32)28(38)40-3)27(37)24(19-12-8-5-9-13-19)34-29(39)41-17-18-10-6-4-7-11-18/h4,6-7,10-11,19-25H,5,8-9,12-17H2,1-3H3,(H,33,36)(H,34,39)/t20-,21-,22-,24-,25-/m0/s1. The zero-order valence-electron chi connectivity index (χ0n) is 24.4.